The molecule has 0 bridgehead atoms. The van der Waals surface area contributed by atoms with Gasteiger partial charge >= 0.3 is 0 Å². The fraction of sp³-hybridized carbons (Fsp3) is 0.905. The van der Waals surface area contributed by atoms with E-state index in [1.807, 2.05) is 11.8 Å². The number of carbonyl (C=O) groups is 2. The lowest BCUT2D eigenvalue weighted by Crippen LogP contribution is -2.54. The highest BCUT2D eigenvalue weighted by molar-refractivity contribution is 8.01. The van der Waals surface area contributed by atoms with Gasteiger partial charge in [0.15, 0.2) is 0 Å². The van der Waals surface area contributed by atoms with Crippen molar-refractivity contribution in [1.82, 2.24) is 15.5 Å². The van der Waals surface area contributed by atoms with Crippen molar-refractivity contribution in [3.05, 3.63) is 0 Å². The van der Waals surface area contributed by atoms with Gasteiger partial charge in [-0.25, -0.2) is 0 Å². The van der Waals surface area contributed by atoms with Gasteiger partial charge in [-0.05, 0) is 31.1 Å². The van der Waals surface area contributed by atoms with Crippen LogP contribution in [0.25, 0.3) is 0 Å². The molecule has 0 radical (unpaired) electrons. The van der Waals surface area contributed by atoms with Crippen LogP contribution in [0.2, 0.25) is 0 Å². The average Bonchev–Trinajstić information content (AvgIpc) is 3.35. The van der Waals surface area contributed by atoms with E-state index in [9.17, 15) is 9.59 Å². The predicted molar refractivity (Wildman–Crippen MR) is 112 cm³/mol. The molecule has 1 spiro atoms. The number of amides is 2. The van der Waals surface area contributed by atoms with Crippen molar-refractivity contribution >= 4 is 23.6 Å². The van der Waals surface area contributed by atoms with Crippen LogP contribution in [0.4, 0.5) is 0 Å². The summed E-state index contributed by atoms with van der Waals surface area (Å²) in [6, 6.07) is -0.0938. The van der Waals surface area contributed by atoms with E-state index in [1.165, 1.54) is 25.7 Å². The molecule has 1 saturated carbocycles. The Labute approximate surface area is 168 Å². The molecule has 3 rings (SSSR count). The Morgan fingerprint density at radius 2 is 1.96 bits per heavy atom. The van der Waals surface area contributed by atoms with Gasteiger partial charge in [-0.2, -0.15) is 0 Å². The van der Waals surface area contributed by atoms with Crippen molar-refractivity contribution in [2.45, 2.75) is 82.5 Å². The van der Waals surface area contributed by atoms with Crippen LogP contribution in [0.3, 0.4) is 0 Å². The summed E-state index contributed by atoms with van der Waals surface area (Å²) in [4.78, 5) is 27.0. The quantitative estimate of drug-likeness (QED) is 0.695. The van der Waals surface area contributed by atoms with Crippen LogP contribution in [0.1, 0.15) is 71.6 Å². The molecule has 6 heteroatoms. The molecule has 2 saturated heterocycles. The fourth-order valence-corrected chi connectivity index (χ4v) is 5.94. The number of piperidine rings is 1. The SMILES string of the molecule is CCC(C)CNC(=O)C1CSC2(CCN(C(=O)CCC3CCCC3)CC2)N1. The van der Waals surface area contributed by atoms with E-state index in [-0.39, 0.29) is 16.8 Å². The van der Waals surface area contributed by atoms with Gasteiger partial charge in [0.25, 0.3) is 0 Å². The van der Waals surface area contributed by atoms with E-state index in [2.05, 4.69) is 29.4 Å². The third-order valence-corrected chi connectivity index (χ3v) is 8.35. The van der Waals surface area contributed by atoms with Crippen molar-refractivity contribution in [1.29, 1.82) is 0 Å². The Balaban J connectivity index is 1.39. The van der Waals surface area contributed by atoms with Gasteiger partial charge in [0.1, 0.15) is 0 Å². The first-order valence-electron chi connectivity index (χ1n) is 11.0. The summed E-state index contributed by atoms with van der Waals surface area (Å²) in [5.74, 6) is 2.61. The highest BCUT2D eigenvalue weighted by atomic mass is 32.2. The topological polar surface area (TPSA) is 61.4 Å². The molecule has 5 nitrogen and oxygen atoms in total. The molecule has 3 aliphatic rings. The largest absolute Gasteiger partial charge is 0.354 e. The van der Waals surface area contributed by atoms with Crippen LogP contribution < -0.4 is 10.6 Å². The third-order valence-electron chi connectivity index (χ3n) is 6.77. The van der Waals surface area contributed by atoms with Crippen LogP contribution in [0.5, 0.6) is 0 Å². The van der Waals surface area contributed by atoms with Gasteiger partial charge in [-0.15, -0.1) is 11.8 Å². The summed E-state index contributed by atoms with van der Waals surface area (Å²) in [6.45, 7) is 6.72. The number of nitrogens with one attached hydrogen (secondary N) is 2. The summed E-state index contributed by atoms with van der Waals surface area (Å²) in [7, 11) is 0. The monoisotopic (exact) mass is 395 g/mol. The maximum Gasteiger partial charge on any atom is 0.238 e. The minimum absolute atomic E-state index is 0.0133. The molecule has 2 amide bonds. The zero-order valence-electron chi connectivity index (χ0n) is 17.1. The predicted octanol–water partition coefficient (Wildman–Crippen LogP) is 3.14. The smallest absolute Gasteiger partial charge is 0.238 e. The Bertz CT molecular complexity index is 514. The molecule has 0 aromatic heterocycles. The van der Waals surface area contributed by atoms with E-state index in [4.69, 9.17) is 0 Å². The van der Waals surface area contributed by atoms with E-state index in [1.54, 1.807) is 0 Å². The Kier molecular flexibility index (Phi) is 7.49. The molecule has 154 valence electrons. The maximum absolute atomic E-state index is 12.5. The molecule has 1 aliphatic carbocycles. The normalized spacial score (nSPS) is 26.4. The summed E-state index contributed by atoms with van der Waals surface area (Å²) >= 11 is 1.88. The first-order valence-corrected chi connectivity index (χ1v) is 12.0. The van der Waals surface area contributed by atoms with Gasteiger partial charge in [0.05, 0.1) is 10.9 Å². The first-order chi connectivity index (χ1) is 13.0. The number of nitrogens with zero attached hydrogens (tertiary/aromatic N) is 1. The number of hydrogen-bond donors (Lipinski definition) is 2. The van der Waals surface area contributed by atoms with Gasteiger partial charge in [-0.3, -0.25) is 14.9 Å². The second-order valence-electron chi connectivity index (χ2n) is 8.83. The van der Waals surface area contributed by atoms with Crippen LogP contribution in [0, 0.1) is 11.8 Å². The fourth-order valence-electron chi connectivity index (χ4n) is 4.52. The Morgan fingerprint density at radius 3 is 2.63 bits per heavy atom. The van der Waals surface area contributed by atoms with Crippen molar-refractivity contribution in [3.8, 4) is 0 Å². The van der Waals surface area contributed by atoms with Crippen molar-refractivity contribution in [2.75, 3.05) is 25.4 Å². The number of hydrogen-bond acceptors (Lipinski definition) is 4. The van der Waals surface area contributed by atoms with Gasteiger partial charge in [0.2, 0.25) is 11.8 Å². The van der Waals surface area contributed by atoms with Gasteiger partial charge < -0.3 is 10.2 Å². The van der Waals surface area contributed by atoms with Crippen molar-refractivity contribution in [3.63, 3.8) is 0 Å². The third kappa shape index (κ3) is 5.63. The van der Waals surface area contributed by atoms with Crippen LogP contribution in [-0.4, -0.2) is 53.0 Å². The van der Waals surface area contributed by atoms with Crippen molar-refractivity contribution < 1.29 is 9.59 Å². The molecule has 2 N–H and O–H groups in total. The van der Waals surface area contributed by atoms with E-state index in [0.717, 1.165) is 63.4 Å². The Hall–Kier alpha value is -0.750. The lowest BCUT2D eigenvalue weighted by Gasteiger charge is -2.39. The molecule has 2 atom stereocenters. The second kappa shape index (κ2) is 9.64. The standard InChI is InChI=1S/C21H37N3O2S/c1-3-16(2)14-22-20(26)18-15-27-21(23-18)10-12-24(13-11-21)19(25)9-8-17-6-4-5-7-17/h16-18,23H,3-15H2,1-2H3,(H,22,26). The van der Waals surface area contributed by atoms with Crippen LogP contribution in [-0.2, 0) is 9.59 Å². The number of carbonyl (C=O) groups excluding carboxylic acids is 2. The zero-order chi connectivity index (χ0) is 19.3. The van der Waals surface area contributed by atoms with Crippen molar-refractivity contribution in [2.24, 2.45) is 11.8 Å². The summed E-state index contributed by atoms with van der Waals surface area (Å²) in [5.41, 5.74) is 0. The van der Waals surface area contributed by atoms with E-state index in [0.29, 0.717) is 11.8 Å². The molecule has 3 fully saturated rings. The molecule has 27 heavy (non-hydrogen) atoms. The number of thioether (sulfide) groups is 1. The van der Waals surface area contributed by atoms with Crippen LogP contribution in [0.15, 0.2) is 0 Å². The highest BCUT2D eigenvalue weighted by Crippen LogP contribution is 2.39. The second-order valence-corrected chi connectivity index (χ2v) is 10.2. The van der Waals surface area contributed by atoms with E-state index >= 15 is 0 Å². The zero-order valence-corrected chi connectivity index (χ0v) is 17.9. The lowest BCUT2D eigenvalue weighted by molar-refractivity contribution is -0.133. The highest BCUT2D eigenvalue weighted by Gasteiger charge is 2.44. The minimum Gasteiger partial charge on any atom is -0.354 e. The molecule has 2 heterocycles. The number of likely N-dealkylation sites (tertiary alicyclic amines) is 1. The molecule has 2 unspecified atom stereocenters. The summed E-state index contributed by atoms with van der Waals surface area (Å²) in [5, 5.41) is 6.69. The average molecular weight is 396 g/mol. The first kappa shape index (κ1) is 21.0. The lowest BCUT2D eigenvalue weighted by atomic mass is 9.99. The summed E-state index contributed by atoms with van der Waals surface area (Å²) in [6.07, 6.45) is 10.1. The van der Waals surface area contributed by atoms with Gasteiger partial charge in [0, 0.05) is 31.8 Å². The molecule has 2 aliphatic heterocycles. The van der Waals surface area contributed by atoms with Crippen LogP contribution >= 0.6 is 11.8 Å². The molecule has 0 aromatic rings. The van der Waals surface area contributed by atoms with Gasteiger partial charge in [-0.1, -0.05) is 46.0 Å². The summed E-state index contributed by atoms with van der Waals surface area (Å²) < 4.78 is 0. The minimum atomic E-state index is -0.0938. The molecular weight excluding hydrogens is 358 g/mol. The Morgan fingerprint density at radius 1 is 1.26 bits per heavy atom. The van der Waals surface area contributed by atoms with E-state index < -0.39 is 0 Å². The molecular formula is C21H37N3O2S. The molecule has 0 aromatic carbocycles. The number of rotatable bonds is 7. The maximum atomic E-state index is 12.5.